The van der Waals surface area contributed by atoms with E-state index in [9.17, 15) is 0 Å². The van der Waals surface area contributed by atoms with Crippen molar-refractivity contribution in [3.8, 4) is 0 Å². The van der Waals surface area contributed by atoms with E-state index in [0.717, 1.165) is 37.2 Å². The lowest BCUT2D eigenvalue weighted by molar-refractivity contribution is 0.744. The van der Waals surface area contributed by atoms with Crippen LogP contribution in [-0.4, -0.2) is 9.78 Å². The standard InChI is InChI=1S/C15H21N3/c1-3-7-13-14(17-18(2)15(13)16)11-10-12-8-5-4-6-9-12/h4-6,8-9H,3,7,10-11,16H2,1-2H3. The van der Waals surface area contributed by atoms with Gasteiger partial charge < -0.3 is 5.73 Å². The van der Waals surface area contributed by atoms with Crippen LogP contribution in [0.2, 0.25) is 0 Å². The van der Waals surface area contributed by atoms with Crippen LogP contribution in [0.3, 0.4) is 0 Å². The Bertz CT molecular complexity index is 500. The third kappa shape index (κ3) is 2.73. The molecule has 0 atom stereocenters. The maximum Gasteiger partial charge on any atom is 0.124 e. The van der Waals surface area contributed by atoms with E-state index in [-0.39, 0.29) is 0 Å². The van der Waals surface area contributed by atoms with Crippen LogP contribution in [0.4, 0.5) is 5.82 Å². The molecule has 2 aromatic rings. The second-order valence-corrected chi connectivity index (χ2v) is 4.67. The van der Waals surface area contributed by atoms with Gasteiger partial charge in [0, 0.05) is 12.6 Å². The molecule has 0 aliphatic heterocycles. The fourth-order valence-electron chi connectivity index (χ4n) is 2.27. The van der Waals surface area contributed by atoms with Crippen molar-refractivity contribution in [3.05, 3.63) is 47.2 Å². The van der Waals surface area contributed by atoms with Crippen LogP contribution in [0.25, 0.3) is 0 Å². The molecule has 2 rings (SSSR count). The highest BCUT2D eigenvalue weighted by atomic mass is 15.3. The minimum absolute atomic E-state index is 0.819. The zero-order valence-corrected chi connectivity index (χ0v) is 11.2. The number of benzene rings is 1. The van der Waals surface area contributed by atoms with Crippen molar-refractivity contribution in [2.24, 2.45) is 7.05 Å². The number of anilines is 1. The molecule has 3 heteroatoms. The normalized spacial score (nSPS) is 10.8. The molecule has 0 aliphatic carbocycles. The monoisotopic (exact) mass is 243 g/mol. The minimum Gasteiger partial charge on any atom is -0.384 e. The zero-order chi connectivity index (χ0) is 13.0. The van der Waals surface area contributed by atoms with Crippen molar-refractivity contribution in [1.82, 2.24) is 9.78 Å². The maximum atomic E-state index is 6.06. The summed E-state index contributed by atoms with van der Waals surface area (Å²) in [5.41, 5.74) is 9.80. The van der Waals surface area contributed by atoms with Crippen LogP contribution in [0.5, 0.6) is 0 Å². The van der Waals surface area contributed by atoms with E-state index in [1.165, 1.54) is 11.1 Å². The highest BCUT2D eigenvalue weighted by Gasteiger charge is 2.12. The molecule has 3 nitrogen and oxygen atoms in total. The number of nitrogen functional groups attached to an aromatic ring is 1. The molecule has 0 radical (unpaired) electrons. The van der Waals surface area contributed by atoms with Crippen LogP contribution in [0.1, 0.15) is 30.2 Å². The molecular formula is C15H21N3. The van der Waals surface area contributed by atoms with Gasteiger partial charge in [-0.1, -0.05) is 43.7 Å². The van der Waals surface area contributed by atoms with Gasteiger partial charge >= 0.3 is 0 Å². The molecule has 1 heterocycles. The van der Waals surface area contributed by atoms with Crippen molar-refractivity contribution < 1.29 is 0 Å². The van der Waals surface area contributed by atoms with Gasteiger partial charge in [0.1, 0.15) is 5.82 Å². The molecule has 0 saturated carbocycles. The highest BCUT2D eigenvalue weighted by Crippen LogP contribution is 2.19. The quantitative estimate of drug-likeness (QED) is 0.877. The first-order valence-corrected chi connectivity index (χ1v) is 6.56. The van der Waals surface area contributed by atoms with Crippen molar-refractivity contribution >= 4 is 5.82 Å². The Balaban J connectivity index is 2.11. The lowest BCUT2D eigenvalue weighted by atomic mass is 10.0. The summed E-state index contributed by atoms with van der Waals surface area (Å²) in [6, 6.07) is 10.5. The fourth-order valence-corrected chi connectivity index (χ4v) is 2.27. The van der Waals surface area contributed by atoms with Crippen LogP contribution in [0, 0.1) is 0 Å². The average Bonchev–Trinajstić information content (AvgIpc) is 2.66. The summed E-state index contributed by atoms with van der Waals surface area (Å²) in [5.74, 6) is 0.819. The van der Waals surface area contributed by atoms with Crippen LogP contribution in [0.15, 0.2) is 30.3 Å². The van der Waals surface area contributed by atoms with Gasteiger partial charge in [-0.15, -0.1) is 0 Å². The number of hydrogen-bond acceptors (Lipinski definition) is 2. The van der Waals surface area contributed by atoms with Crippen LogP contribution in [-0.2, 0) is 26.3 Å². The third-order valence-corrected chi connectivity index (χ3v) is 3.27. The Hall–Kier alpha value is -1.77. The van der Waals surface area contributed by atoms with Crippen LogP contribution >= 0.6 is 0 Å². The molecule has 0 fully saturated rings. The molecule has 0 bridgehead atoms. The Labute approximate surface area is 109 Å². The molecule has 0 saturated heterocycles. The first-order valence-electron chi connectivity index (χ1n) is 6.56. The number of aryl methyl sites for hydroxylation is 3. The molecule has 0 amide bonds. The number of aromatic nitrogens is 2. The summed E-state index contributed by atoms with van der Waals surface area (Å²) >= 11 is 0. The number of rotatable bonds is 5. The van der Waals surface area contributed by atoms with Gasteiger partial charge in [0.05, 0.1) is 5.69 Å². The summed E-state index contributed by atoms with van der Waals surface area (Å²) in [7, 11) is 1.92. The zero-order valence-electron chi connectivity index (χ0n) is 11.2. The maximum absolute atomic E-state index is 6.06. The van der Waals surface area contributed by atoms with E-state index in [2.05, 4.69) is 36.3 Å². The number of nitrogens with two attached hydrogens (primary N) is 1. The van der Waals surface area contributed by atoms with E-state index in [4.69, 9.17) is 5.73 Å². The van der Waals surface area contributed by atoms with E-state index < -0.39 is 0 Å². The molecule has 18 heavy (non-hydrogen) atoms. The summed E-state index contributed by atoms with van der Waals surface area (Å²) in [4.78, 5) is 0. The van der Waals surface area contributed by atoms with Gasteiger partial charge in [0.2, 0.25) is 0 Å². The summed E-state index contributed by atoms with van der Waals surface area (Å²) < 4.78 is 1.80. The summed E-state index contributed by atoms with van der Waals surface area (Å²) in [5, 5.41) is 4.54. The van der Waals surface area contributed by atoms with Crippen molar-refractivity contribution in [2.45, 2.75) is 32.6 Å². The molecule has 96 valence electrons. The van der Waals surface area contributed by atoms with E-state index in [1.54, 1.807) is 4.68 Å². The van der Waals surface area contributed by atoms with Gasteiger partial charge in [0.25, 0.3) is 0 Å². The van der Waals surface area contributed by atoms with Gasteiger partial charge in [-0.2, -0.15) is 5.10 Å². The first kappa shape index (κ1) is 12.7. The molecule has 1 aromatic carbocycles. The van der Waals surface area contributed by atoms with Gasteiger partial charge in [0.15, 0.2) is 0 Å². The van der Waals surface area contributed by atoms with E-state index >= 15 is 0 Å². The number of hydrogen-bond donors (Lipinski definition) is 1. The molecule has 1 aromatic heterocycles. The van der Waals surface area contributed by atoms with Gasteiger partial charge in [-0.05, 0) is 24.8 Å². The minimum atomic E-state index is 0.819. The Morgan fingerprint density at radius 1 is 1.11 bits per heavy atom. The summed E-state index contributed by atoms with van der Waals surface area (Å²) in [6.45, 7) is 2.17. The van der Waals surface area contributed by atoms with Gasteiger partial charge in [-0.25, -0.2) is 0 Å². The number of nitrogens with zero attached hydrogens (tertiary/aromatic N) is 2. The predicted octanol–water partition coefficient (Wildman–Crippen LogP) is 2.74. The van der Waals surface area contributed by atoms with E-state index in [0.29, 0.717) is 0 Å². The SMILES string of the molecule is CCCc1c(CCc2ccccc2)nn(C)c1N. The topological polar surface area (TPSA) is 43.8 Å². The largest absolute Gasteiger partial charge is 0.384 e. The molecule has 0 unspecified atom stereocenters. The smallest absolute Gasteiger partial charge is 0.124 e. The Morgan fingerprint density at radius 3 is 2.50 bits per heavy atom. The Morgan fingerprint density at radius 2 is 1.83 bits per heavy atom. The second kappa shape index (κ2) is 5.71. The first-order chi connectivity index (χ1) is 8.72. The molecule has 0 spiro atoms. The lowest BCUT2D eigenvalue weighted by Gasteiger charge is -2.02. The lowest BCUT2D eigenvalue weighted by Crippen LogP contribution is -1.99. The fraction of sp³-hybridized carbons (Fsp3) is 0.400. The van der Waals surface area contributed by atoms with Crippen molar-refractivity contribution in [1.29, 1.82) is 0 Å². The average molecular weight is 243 g/mol. The van der Waals surface area contributed by atoms with Gasteiger partial charge in [-0.3, -0.25) is 4.68 Å². The second-order valence-electron chi connectivity index (χ2n) is 4.67. The molecule has 2 N–H and O–H groups in total. The Kier molecular flexibility index (Phi) is 4.03. The predicted molar refractivity (Wildman–Crippen MR) is 75.5 cm³/mol. The van der Waals surface area contributed by atoms with Crippen molar-refractivity contribution in [2.75, 3.05) is 5.73 Å². The molecular weight excluding hydrogens is 222 g/mol. The summed E-state index contributed by atoms with van der Waals surface area (Å²) in [6.07, 6.45) is 4.11. The highest BCUT2D eigenvalue weighted by molar-refractivity contribution is 5.43. The third-order valence-electron chi connectivity index (χ3n) is 3.27. The van der Waals surface area contributed by atoms with Crippen LogP contribution < -0.4 is 5.73 Å². The molecule has 0 aliphatic rings. The van der Waals surface area contributed by atoms with Crippen molar-refractivity contribution in [3.63, 3.8) is 0 Å². The van der Waals surface area contributed by atoms with E-state index in [1.807, 2.05) is 13.1 Å².